The van der Waals surface area contributed by atoms with Crippen LogP contribution in [-0.2, 0) is 0 Å². The number of pyridine rings is 1. The normalized spacial score (nSPS) is 10.7. The van der Waals surface area contributed by atoms with Crippen molar-refractivity contribution in [3.63, 3.8) is 0 Å². The number of para-hydroxylation sites is 2. The minimum absolute atomic E-state index is 0.495. The van der Waals surface area contributed by atoms with Crippen molar-refractivity contribution in [3.8, 4) is 28.7 Å². The summed E-state index contributed by atoms with van der Waals surface area (Å²) in [5.41, 5.74) is 9.09. The molecule has 0 unspecified atom stereocenters. The Morgan fingerprint density at radius 1 is 0.912 bits per heavy atom. The van der Waals surface area contributed by atoms with Crippen molar-refractivity contribution in [3.05, 3.63) is 66.9 Å². The van der Waals surface area contributed by atoms with Gasteiger partial charge < -0.3 is 30.0 Å². The number of benzene rings is 3. The van der Waals surface area contributed by atoms with Gasteiger partial charge in [0.2, 0.25) is 0 Å². The molecule has 0 aliphatic heterocycles. The van der Waals surface area contributed by atoms with E-state index in [-0.39, 0.29) is 0 Å². The maximum absolute atomic E-state index is 6.28. The van der Waals surface area contributed by atoms with Crippen LogP contribution < -0.4 is 30.0 Å². The summed E-state index contributed by atoms with van der Waals surface area (Å²) >= 11 is 5.76. The fourth-order valence-electron chi connectivity index (χ4n) is 3.44. The molecule has 0 bridgehead atoms. The van der Waals surface area contributed by atoms with E-state index in [0.717, 1.165) is 28.7 Å². The summed E-state index contributed by atoms with van der Waals surface area (Å²) in [6.07, 6.45) is 2.36. The molecule has 176 valence electrons. The first-order chi connectivity index (χ1) is 16.6. The monoisotopic (exact) mass is 479 g/mol. The van der Waals surface area contributed by atoms with E-state index in [9.17, 15) is 0 Å². The maximum Gasteiger partial charge on any atom is 0.169 e. The molecular formula is C26H26ClN3O4. The van der Waals surface area contributed by atoms with Crippen LogP contribution in [0.2, 0.25) is 0 Å². The van der Waals surface area contributed by atoms with Gasteiger partial charge in [-0.25, -0.2) is 0 Å². The van der Waals surface area contributed by atoms with Crippen molar-refractivity contribution in [1.82, 2.24) is 4.98 Å². The van der Waals surface area contributed by atoms with Crippen molar-refractivity contribution in [1.29, 1.82) is 0 Å². The summed E-state index contributed by atoms with van der Waals surface area (Å²) in [5.74, 6) is 3.73. The van der Waals surface area contributed by atoms with Crippen molar-refractivity contribution in [2.75, 3.05) is 37.8 Å². The molecule has 0 spiro atoms. The number of hydrogen-bond acceptors (Lipinski definition) is 7. The van der Waals surface area contributed by atoms with E-state index in [1.54, 1.807) is 20.4 Å². The molecule has 0 saturated heterocycles. The summed E-state index contributed by atoms with van der Waals surface area (Å²) < 4.78 is 22.7. The number of ether oxygens (including phenoxy) is 4. The molecule has 1 aromatic heterocycles. The van der Waals surface area contributed by atoms with Crippen LogP contribution in [0.15, 0.2) is 66.9 Å². The number of methoxy groups -OCH3 is 2. The number of alkyl halides is 1. The standard InChI is InChI=1S/C26H26ClN3O4/c1-31-22-6-3-4-7-23(22)34-18-10-8-17(9-11-18)30-26-19-14-24(32-2)25(33-13-5-12-27)15-21(19)29-16-20(26)28/h3-4,6-11,14-16H,5,12-13,28H2,1-2H3,(H,29,30). The van der Waals surface area contributed by atoms with E-state index >= 15 is 0 Å². The second-order valence-corrected chi connectivity index (χ2v) is 7.78. The van der Waals surface area contributed by atoms with Gasteiger partial charge in [-0.2, -0.15) is 0 Å². The highest BCUT2D eigenvalue weighted by Crippen LogP contribution is 2.38. The van der Waals surface area contributed by atoms with E-state index in [1.807, 2.05) is 60.7 Å². The molecule has 4 aromatic rings. The number of nitrogens with zero attached hydrogens (tertiary/aromatic N) is 1. The first-order valence-electron chi connectivity index (χ1n) is 10.8. The maximum atomic E-state index is 6.28. The largest absolute Gasteiger partial charge is 0.493 e. The lowest BCUT2D eigenvalue weighted by Crippen LogP contribution is -2.02. The SMILES string of the molecule is COc1cc2c(Nc3ccc(Oc4ccccc4OC)cc3)c(N)cnc2cc1OCCCCl. The van der Waals surface area contributed by atoms with Crippen LogP contribution >= 0.6 is 11.6 Å². The highest BCUT2D eigenvalue weighted by atomic mass is 35.5. The van der Waals surface area contributed by atoms with Gasteiger partial charge in [0.1, 0.15) is 5.75 Å². The van der Waals surface area contributed by atoms with Gasteiger partial charge in [-0.05, 0) is 48.9 Å². The lowest BCUT2D eigenvalue weighted by atomic mass is 10.1. The highest BCUT2D eigenvalue weighted by molar-refractivity contribution is 6.17. The summed E-state index contributed by atoms with van der Waals surface area (Å²) in [5, 5.41) is 4.21. The molecule has 0 atom stereocenters. The van der Waals surface area contributed by atoms with Crippen molar-refractivity contribution >= 4 is 39.6 Å². The van der Waals surface area contributed by atoms with E-state index in [1.165, 1.54) is 0 Å². The predicted octanol–water partition coefficient (Wildman–Crippen LogP) is 6.38. The zero-order valence-electron chi connectivity index (χ0n) is 19.0. The first-order valence-corrected chi connectivity index (χ1v) is 11.3. The first kappa shape index (κ1) is 23.3. The number of aromatic nitrogens is 1. The van der Waals surface area contributed by atoms with Crippen LogP contribution in [0.1, 0.15) is 6.42 Å². The average Bonchev–Trinajstić information content (AvgIpc) is 2.87. The smallest absolute Gasteiger partial charge is 0.169 e. The molecule has 34 heavy (non-hydrogen) atoms. The second-order valence-electron chi connectivity index (χ2n) is 7.40. The lowest BCUT2D eigenvalue weighted by molar-refractivity contribution is 0.295. The molecule has 0 radical (unpaired) electrons. The summed E-state index contributed by atoms with van der Waals surface area (Å²) in [6.45, 7) is 0.495. The molecular weight excluding hydrogens is 454 g/mol. The van der Waals surface area contributed by atoms with E-state index in [2.05, 4.69) is 10.3 Å². The molecule has 8 heteroatoms. The Labute approximate surface area is 203 Å². The Morgan fingerprint density at radius 2 is 1.65 bits per heavy atom. The fourth-order valence-corrected chi connectivity index (χ4v) is 3.55. The van der Waals surface area contributed by atoms with Crippen LogP contribution in [0.25, 0.3) is 10.9 Å². The summed E-state index contributed by atoms with van der Waals surface area (Å²) in [7, 11) is 3.21. The van der Waals surface area contributed by atoms with Gasteiger partial charge >= 0.3 is 0 Å². The number of nitrogens with two attached hydrogens (primary N) is 1. The Morgan fingerprint density at radius 3 is 2.35 bits per heavy atom. The number of fused-ring (bicyclic) bond motifs is 1. The minimum Gasteiger partial charge on any atom is -0.493 e. The van der Waals surface area contributed by atoms with Crippen molar-refractivity contribution < 1.29 is 18.9 Å². The molecule has 0 fully saturated rings. The third-order valence-electron chi connectivity index (χ3n) is 5.14. The molecule has 0 amide bonds. The summed E-state index contributed by atoms with van der Waals surface area (Å²) in [4.78, 5) is 4.47. The second kappa shape index (κ2) is 10.9. The van der Waals surface area contributed by atoms with Crippen LogP contribution in [0.3, 0.4) is 0 Å². The molecule has 0 aliphatic rings. The molecule has 7 nitrogen and oxygen atoms in total. The third kappa shape index (κ3) is 5.21. The van der Waals surface area contributed by atoms with Gasteiger partial charge in [0.05, 0.1) is 43.9 Å². The van der Waals surface area contributed by atoms with E-state index in [0.29, 0.717) is 46.9 Å². The molecule has 0 saturated carbocycles. The van der Waals surface area contributed by atoms with Gasteiger partial charge in [0.15, 0.2) is 23.0 Å². The molecule has 0 aliphatic carbocycles. The van der Waals surface area contributed by atoms with Crippen LogP contribution in [0.5, 0.6) is 28.7 Å². The topological polar surface area (TPSA) is 87.9 Å². The average molecular weight is 480 g/mol. The number of hydrogen-bond donors (Lipinski definition) is 2. The van der Waals surface area contributed by atoms with Gasteiger partial charge in [-0.1, -0.05) is 12.1 Å². The third-order valence-corrected chi connectivity index (χ3v) is 5.41. The number of anilines is 3. The van der Waals surface area contributed by atoms with Crippen LogP contribution in [0.4, 0.5) is 17.1 Å². The number of halogens is 1. The Kier molecular flexibility index (Phi) is 7.44. The van der Waals surface area contributed by atoms with Crippen LogP contribution in [-0.4, -0.2) is 31.7 Å². The quantitative estimate of drug-likeness (QED) is 0.201. The number of rotatable bonds is 10. The summed E-state index contributed by atoms with van der Waals surface area (Å²) in [6, 6.07) is 18.8. The van der Waals surface area contributed by atoms with Gasteiger partial charge in [-0.3, -0.25) is 4.98 Å². The van der Waals surface area contributed by atoms with Crippen molar-refractivity contribution in [2.45, 2.75) is 6.42 Å². The van der Waals surface area contributed by atoms with Gasteiger partial charge in [-0.15, -0.1) is 11.6 Å². The predicted molar refractivity (Wildman–Crippen MR) is 136 cm³/mol. The minimum atomic E-state index is 0.495. The molecule has 1 heterocycles. The Balaban J connectivity index is 1.59. The van der Waals surface area contributed by atoms with Crippen molar-refractivity contribution in [2.24, 2.45) is 0 Å². The Bertz CT molecular complexity index is 1270. The van der Waals surface area contributed by atoms with Gasteiger partial charge in [0.25, 0.3) is 0 Å². The zero-order chi connectivity index (χ0) is 23.9. The Hall–Kier alpha value is -3.84. The van der Waals surface area contributed by atoms with E-state index < -0.39 is 0 Å². The zero-order valence-corrected chi connectivity index (χ0v) is 19.8. The highest BCUT2D eigenvalue weighted by Gasteiger charge is 2.14. The van der Waals surface area contributed by atoms with Crippen LogP contribution in [0, 0.1) is 0 Å². The fraction of sp³-hybridized carbons (Fsp3) is 0.192. The molecule has 4 rings (SSSR count). The van der Waals surface area contributed by atoms with Gasteiger partial charge in [0, 0.05) is 23.0 Å². The number of nitrogen functional groups attached to an aromatic ring is 1. The molecule has 3 N–H and O–H groups in total. The lowest BCUT2D eigenvalue weighted by Gasteiger charge is -2.16. The number of nitrogens with one attached hydrogen (secondary N) is 1. The van der Waals surface area contributed by atoms with E-state index in [4.69, 9.17) is 36.3 Å². The molecule has 3 aromatic carbocycles.